The summed E-state index contributed by atoms with van der Waals surface area (Å²) in [5.41, 5.74) is 2.00. The van der Waals surface area contributed by atoms with Crippen molar-refractivity contribution < 1.29 is 13.2 Å². The van der Waals surface area contributed by atoms with Crippen LogP contribution >= 0.6 is 0 Å². The molecule has 6 heteroatoms. The van der Waals surface area contributed by atoms with Crippen molar-refractivity contribution in [3.05, 3.63) is 53.7 Å². The van der Waals surface area contributed by atoms with Gasteiger partial charge >= 0.3 is 0 Å². The van der Waals surface area contributed by atoms with E-state index < -0.39 is 9.84 Å². The molecule has 1 aromatic heterocycles. The highest BCUT2D eigenvalue weighted by Gasteiger charge is 2.06. The fourth-order valence-corrected chi connectivity index (χ4v) is 2.57. The quantitative estimate of drug-likeness (QED) is 0.881. The van der Waals surface area contributed by atoms with Gasteiger partial charge in [-0.1, -0.05) is 18.2 Å². The Hall–Kier alpha value is -1.92. The lowest BCUT2D eigenvalue weighted by Gasteiger charge is -2.08. The topological polar surface area (TPSA) is 68.3 Å². The van der Waals surface area contributed by atoms with E-state index in [-0.39, 0.29) is 0 Å². The van der Waals surface area contributed by atoms with Crippen LogP contribution in [0.25, 0.3) is 0 Å². The van der Waals surface area contributed by atoms with E-state index in [2.05, 4.69) is 10.3 Å². The van der Waals surface area contributed by atoms with Gasteiger partial charge in [0.25, 0.3) is 0 Å². The molecule has 21 heavy (non-hydrogen) atoms. The molecule has 1 heterocycles. The maximum absolute atomic E-state index is 11.4. The number of methoxy groups -OCH3 is 1. The van der Waals surface area contributed by atoms with Gasteiger partial charge in [-0.05, 0) is 23.8 Å². The smallest absolute Gasteiger partial charge is 0.217 e. The largest absolute Gasteiger partial charge is 0.481 e. The molecule has 0 spiro atoms. The van der Waals surface area contributed by atoms with Crippen molar-refractivity contribution in [1.29, 1.82) is 0 Å². The number of nitrogens with one attached hydrogen (secondary N) is 1. The third-order valence-corrected chi connectivity index (χ3v) is 4.17. The predicted octanol–water partition coefficient (Wildman–Crippen LogP) is 1.78. The number of rotatable bonds is 6. The summed E-state index contributed by atoms with van der Waals surface area (Å²) < 4.78 is 27.9. The highest BCUT2D eigenvalue weighted by molar-refractivity contribution is 7.90. The van der Waals surface area contributed by atoms with Gasteiger partial charge in [0.05, 0.1) is 12.0 Å². The monoisotopic (exact) mass is 306 g/mol. The summed E-state index contributed by atoms with van der Waals surface area (Å²) in [6, 6.07) is 10.7. The third kappa shape index (κ3) is 4.27. The Morgan fingerprint density at radius 2 is 1.86 bits per heavy atom. The van der Waals surface area contributed by atoms with E-state index in [9.17, 15) is 8.42 Å². The van der Waals surface area contributed by atoms with E-state index in [1.54, 1.807) is 25.4 Å². The molecule has 0 atom stereocenters. The number of nitrogens with zero attached hydrogens (tertiary/aromatic N) is 1. The van der Waals surface area contributed by atoms with Crippen LogP contribution in [0.4, 0.5) is 0 Å². The number of ether oxygens (including phenoxy) is 1. The molecule has 2 aromatic rings. The number of benzene rings is 1. The average Bonchev–Trinajstić information content (AvgIpc) is 2.47. The zero-order valence-electron chi connectivity index (χ0n) is 12.0. The van der Waals surface area contributed by atoms with E-state index >= 15 is 0 Å². The zero-order valence-corrected chi connectivity index (χ0v) is 12.9. The van der Waals surface area contributed by atoms with Crippen LogP contribution in [0.5, 0.6) is 5.88 Å². The normalized spacial score (nSPS) is 11.3. The molecular formula is C15H18N2O3S. The number of sulfone groups is 1. The van der Waals surface area contributed by atoms with Gasteiger partial charge < -0.3 is 10.1 Å². The zero-order chi connectivity index (χ0) is 15.3. The van der Waals surface area contributed by atoms with Crippen molar-refractivity contribution in [1.82, 2.24) is 10.3 Å². The fourth-order valence-electron chi connectivity index (χ4n) is 1.94. The lowest BCUT2D eigenvalue weighted by molar-refractivity contribution is 0.390. The molecule has 1 aromatic carbocycles. The Labute approximate surface area is 124 Å². The molecule has 0 fully saturated rings. The second-order valence-electron chi connectivity index (χ2n) is 4.69. The first-order chi connectivity index (χ1) is 10.0. The summed E-state index contributed by atoms with van der Waals surface area (Å²) in [5.74, 6) is 0.609. The number of aromatic nitrogens is 1. The Morgan fingerprint density at radius 3 is 2.48 bits per heavy atom. The fraction of sp³-hybridized carbons (Fsp3) is 0.267. The first-order valence-electron chi connectivity index (χ1n) is 6.48. The Morgan fingerprint density at radius 1 is 1.14 bits per heavy atom. The van der Waals surface area contributed by atoms with Crippen LogP contribution in [0.2, 0.25) is 0 Å². The molecule has 0 amide bonds. The summed E-state index contributed by atoms with van der Waals surface area (Å²) in [4.78, 5) is 4.47. The summed E-state index contributed by atoms with van der Waals surface area (Å²) >= 11 is 0. The Bertz CT molecular complexity index is 697. The number of hydrogen-bond donors (Lipinski definition) is 1. The van der Waals surface area contributed by atoms with Crippen molar-refractivity contribution >= 4 is 9.84 Å². The molecule has 0 aliphatic rings. The number of pyridine rings is 1. The average molecular weight is 306 g/mol. The molecule has 0 bridgehead atoms. The van der Waals surface area contributed by atoms with Crippen LogP contribution < -0.4 is 10.1 Å². The molecule has 0 radical (unpaired) electrons. The van der Waals surface area contributed by atoms with E-state index in [0.717, 1.165) is 11.1 Å². The molecule has 5 nitrogen and oxygen atoms in total. The minimum absolute atomic E-state index is 0.333. The highest BCUT2D eigenvalue weighted by Crippen LogP contribution is 2.14. The molecule has 112 valence electrons. The van der Waals surface area contributed by atoms with Crippen molar-refractivity contribution in [2.24, 2.45) is 0 Å². The van der Waals surface area contributed by atoms with Gasteiger partial charge in [-0.25, -0.2) is 13.4 Å². The van der Waals surface area contributed by atoms with Crippen LogP contribution in [0, 0.1) is 0 Å². The van der Waals surface area contributed by atoms with E-state index in [4.69, 9.17) is 4.74 Å². The third-order valence-electron chi connectivity index (χ3n) is 3.04. The van der Waals surface area contributed by atoms with E-state index in [1.165, 1.54) is 6.26 Å². The van der Waals surface area contributed by atoms with Crippen LogP contribution in [-0.4, -0.2) is 26.8 Å². The van der Waals surface area contributed by atoms with Crippen LogP contribution in [0.3, 0.4) is 0 Å². The van der Waals surface area contributed by atoms with Gasteiger partial charge in [0.15, 0.2) is 9.84 Å². The molecule has 0 aliphatic heterocycles. The molecule has 2 rings (SSSR count). The standard InChI is InChI=1S/C15H18N2O3S/c1-20-15-13(4-3-9-17-15)11-16-10-12-5-7-14(8-6-12)21(2,18)19/h3-9,16H,10-11H2,1-2H3. The van der Waals surface area contributed by atoms with Gasteiger partial charge in [0.2, 0.25) is 5.88 Å². The van der Waals surface area contributed by atoms with Gasteiger partial charge in [-0.2, -0.15) is 0 Å². The van der Waals surface area contributed by atoms with Gasteiger partial charge in [0.1, 0.15) is 0 Å². The second kappa shape index (κ2) is 6.69. The summed E-state index contributed by atoms with van der Waals surface area (Å²) in [5, 5.41) is 3.28. The van der Waals surface area contributed by atoms with E-state index in [0.29, 0.717) is 23.9 Å². The van der Waals surface area contributed by atoms with Crippen molar-refractivity contribution in [2.45, 2.75) is 18.0 Å². The molecule has 0 aliphatic carbocycles. The summed E-state index contributed by atoms with van der Waals surface area (Å²) in [6.45, 7) is 1.27. The summed E-state index contributed by atoms with van der Waals surface area (Å²) in [6.07, 6.45) is 2.89. The van der Waals surface area contributed by atoms with Crippen molar-refractivity contribution in [2.75, 3.05) is 13.4 Å². The van der Waals surface area contributed by atoms with Crippen LogP contribution in [0.15, 0.2) is 47.5 Å². The SMILES string of the molecule is COc1ncccc1CNCc1ccc(S(C)(=O)=O)cc1. The van der Waals surface area contributed by atoms with Crippen LogP contribution in [-0.2, 0) is 22.9 Å². The maximum Gasteiger partial charge on any atom is 0.217 e. The molecule has 0 saturated carbocycles. The van der Waals surface area contributed by atoms with E-state index in [1.807, 2.05) is 24.3 Å². The lowest BCUT2D eigenvalue weighted by Crippen LogP contribution is -2.13. The highest BCUT2D eigenvalue weighted by atomic mass is 32.2. The molecule has 0 saturated heterocycles. The first-order valence-corrected chi connectivity index (χ1v) is 8.37. The molecular weight excluding hydrogens is 288 g/mol. The second-order valence-corrected chi connectivity index (χ2v) is 6.71. The minimum atomic E-state index is -3.14. The maximum atomic E-state index is 11.4. The van der Waals surface area contributed by atoms with Crippen molar-refractivity contribution in [3.8, 4) is 5.88 Å². The summed E-state index contributed by atoms with van der Waals surface area (Å²) in [7, 11) is -1.54. The minimum Gasteiger partial charge on any atom is -0.481 e. The number of hydrogen-bond acceptors (Lipinski definition) is 5. The van der Waals surface area contributed by atoms with Crippen molar-refractivity contribution in [3.63, 3.8) is 0 Å². The van der Waals surface area contributed by atoms with Crippen LogP contribution in [0.1, 0.15) is 11.1 Å². The first kappa shape index (κ1) is 15.5. The van der Waals surface area contributed by atoms with Gasteiger partial charge in [-0.3, -0.25) is 0 Å². The molecule has 0 unspecified atom stereocenters. The Balaban J connectivity index is 1.95. The van der Waals surface area contributed by atoms with Gasteiger partial charge in [0, 0.05) is 31.1 Å². The lowest BCUT2D eigenvalue weighted by atomic mass is 10.2. The van der Waals surface area contributed by atoms with Gasteiger partial charge in [-0.15, -0.1) is 0 Å². The predicted molar refractivity (Wildman–Crippen MR) is 80.9 cm³/mol. The molecule has 1 N–H and O–H groups in total. The Kier molecular flexibility index (Phi) is 4.93.